The predicted molar refractivity (Wildman–Crippen MR) is 62.8 cm³/mol. The molecule has 1 aliphatic rings. The molecule has 1 amide bonds. The van der Waals surface area contributed by atoms with Gasteiger partial charge in [0.1, 0.15) is 0 Å². The van der Waals surface area contributed by atoms with Crippen molar-refractivity contribution in [2.75, 3.05) is 11.5 Å². The zero-order valence-corrected chi connectivity index (χ0v) is 11.3. The van der Waals surface area contributed by atoms with Gasteiger partial charge in [-0.2, -0.15) is 0 Å². The summed E-state index contributed by atoms with van der Waals surface area (Å²) in [5, 5.41) is 2.80. The monoisotopic (exact) mass is 297 g/mol. The highest BCUT2D eigenvalue weighted by Gasteiger charge is 2.39. The maximum absolute atomic E-state index is 11.6. The van der Waals surface area contributed by atoms with Crippen molar-refractivity contribution in [3.8, 4) is 0 Å². The van der Waals surface area contributed by atoms with Crippen LogP contribution in [0.5, 0.6) is 0 Å². The second-order valence-corrected chi connectivity index (χ2v) is 7.56. The molecule has 0 aromatic rings. The Kier molecular flexibility index (Phi) is 3.81. The van der Waals surface area contributed by atoms with Gasteiger partial charge in [-0.15, -0.1) is 0 Å². The fourth-order valence-corrected chi connectivity index (χ4v) is 3.88. The van der Waals surface area contributed by atoms with E-state index in [4.69, 9.17) is 0 Å². The Morgan fingerprint density at radius 3 is 2.60 bits per heavy atom. The third kappa shape index (κ3) is 3.45. The van der Waals surface area contributed by atoms with Crippen LogP contribution >= 0.6 is 15.9 Å². The van der Waals surface area contributed by atoms with Gasteiger partial charge in [0.15, 0.2) is 9.84 Å². The highest BCUT2D eigenvalue weighted by molar-refractivity contribution is 9.10. The molecule has 1 saturated heterocycles. The molecule has 0 aromatic heterocycles. The maximum atomic E-state index is 11.6. The number of alkyl halides is 1. The molecule has 0 aromatic carbocycles. The van der Waals surface area contributed by atoms with E-state index in [0.717, 1.165) is 0 Å². The predicted octanol–water partition coefficient (Wildman–Crippen LogP) is 0.853. The first-order valence-corrected chi connectivity index (χ1v) is 7.68. The molecule has 2 unspecified atom stereocenters. The number of sulfone groups is 1. The van der Waals surface area contributed by atoms with Gasteiger partial charge in [0.05, 0.1) is 21.9 Å². The molecule has 0 saturated carbocycles. The van der Waals surface area contributed by atoms with Crippen molar-refractivity contribution in [2.24, 2.45) is 0 Å². The van der Waals surface area contributed by atoms with E-state index in [1.54, 1.807) is 6.92 Å². The number of hydrogen-bond donors (Lipinski definition) is 1. The lowest BCUT2D eigenvalue weighted by Crippen LogP contribution is -2.49. The maximum Gasteiger partial charge on any atom is 0.234 e. The highest BCUT2D eigenvalue weighted by Crippen LogP contribution is 2.23. The zero-order valence-electron chi connectivity index (χ0n) is 8.92. The van der Waals surface area contributed by atoms with Crippen molar-refractivity contribution in [3.63, 3.8) is 0 Å². The lowest BCUT2D eigenvalue weighted by Gasteiger charge is -2.25. The summed E-state index contributed by atoms with van der Waals surface area (Å²) in [6.07, 6.45) is 1.19. The summed E-state index contributed by atoms with van der Waals surface area (Å²) in [5.74, 6) is 0.0926. The van der Waals surface area contributed by atoms with Crippen LogP contribution in [-0.4, -0.2) is 36.2 Å². The smallest absolute Gasteiger partial charge is 0.234 e. The van der Waals surface area contributed by atoms with E-state index in [2.05, 4.69) is 21.2 Å². The molecule has 88 valence electrons. The zero-order chi connectivity index (χ0) is 11.7. The van der Waals surface area contributed by atoms with Crippen molar-refractivity contribution in [1.82, 2.24) is 5.32 Å². The fourth-order valence-electron chi connectivity index (χ4n) is 1.67. The van der Waals surface area contributed by atoms with E-state index in [-0.39, 0.29) is 22.2 Å². The molecule has 1 aliphatic heterocycles. The van der Waals surface area contributed by atoms with Crippen LogP contribution in [0, 0.1) is 0 Å². The number of nitrogens with one attached hydrogen (secondary N) is 1. The second-order valence-electron chi connectivity index (χ2n) is 4.27. The SMILES string of the molecule is CCC(Br)C(=O)NC1(C)CCS(=O)(=O)C1. The van der Waals surface area contributed by atoms with Gasteiger partial charge in [-0.25, -0.2) is 8.42 Å². The van der Waals surface area contributed by atoms with Crippen LogP contribution in [0.25, 0.3) is 0 Å². The molecule has 1 heterocycles. The standard InChI is InChI=1S/C9H16BrNO3S/c1-3-7(10)8(12)11-9(2)4-5-15(13,14)6-9/h7H,3-6H2,1-2H3,(H,11,12). The Hall–Kier alpha value is -0.100. The number of carbonyl (C=O) groups is 1. The number of amides is 1. The molecule has 1 fully saturated rings. The third-order valence-electron chi connectivity index (χ3n) is 2.57. The van der Waals surface area contributed by atoms with Gasteiger partial charge in [-0.05, 0) is 19.8 Å². The van der Waals surface area contributed by atoms with Crippen molar-refractivity contribution in [1.29, 1.82) is 0 Å². The average Bonchev–Trinajstić information content (AvgIpc) is 2.39. The highest BCUT2D eigenvalue weighted by atomic mass is 79.9. The topological polar surface area (TPSA) is 63.2 Å². The van der Waals surface area contributed by atoms with E-state index in [1.807, 2.05) is 6.92 Å². The third-order valence-corrected chi connectivity index (χ3v) is 5.54. The van der Waals surface area contributed by atoms with Gasteiger partial charge in [0.2, 0.25) is 5.91 Å². The van der Waals surface area contributed by atoms with Crippen LogP contribution in [0.2, 0.25) is 0 Å². The number of hydrogen-bond acceptors (Lipinski definition) is 3. The summed E-state index contributed by atoms with van der Waals surface area (Å²) in [7, 11) is -2.96. The van der Waals surface area contributed by atoms with Crippen molar-refractivity contribution < 1.29 is 13.2 Å². The first-order chi connectivity index (χ1) is 6.78. The van der Waals surface area contributed by atoms with Crippen molar-refractivity contribution in [2.45, 2.75) is 37.1 Å². The van der Waals surface area contributed by atoms with Crippen LogP contribution < -0.4 is 5.32 Å². The minimum atomic E-state index is -2.96. The summed E-state index contributed by atoms with van der Waals surface area (Å²) < 4.78 is 22.6. The van der Waals surface area contributed by atoms with Crippen LogP contribution in [0.4, 0.5) is 0 Å². The van der Waals surface area contributed by atoms with E-state index < -0.39 is 15.4 Å². The van der Waals surface area contributed by atoms with Crippen LogP contribution in [0.15, 0.2) is 0 Å². The van der Waals surface area contributed by atoms with E-state index in [9.17, 15) is 13.2 Å². The Morgan fingerprint density at radius 1 is 1.60 bits per heavy atom. The van der Waals surface area contributed by atoms with Gasteiger partial charge < -0.3 is 5.32 Å². The Morgan fingerprint density at radius 2 is 2.20 bits per heavy atom. The lowest BCUT2D eigenvalue weighted by atomic mass is 10.0. The van der Waals surface area contributed by atoms with Crippen LogP contribution in [-0.2, 0) is 14.6 Å². The molecule has 0 spiro atoms. The van der Waals surface area contributed by atoms with Gasteiger partial charge in [-0.1, -0.05) is 22.9 Å². The molecule has 0 radical (unpaired) electrons. The van der Waals surface area contributed by atoms with Gasteiger partial charge in [0, 0.05) is 0 Å². The van der Waals surface area contributed by atoms with Crippen molar-refractivity contribution in [3.05, 3.63) is 0 Å². The van der Waals surface area contributed by atoms with Crippen molar-refractivity contribution >= 4 is 31.7 Å². The summed E-state index contributed by atoms with van der Waals surface area (Å²) in [5.41, 5.74) is -0.586. The summed E-state index contributed by atoms with van der Waals surface area (Å²) >= 11 is 3.24. The molecule has 0 aliphatic carbocycles. The minimum Gasteiger partial charge on any atom is -0.349 e. The fraction of sp³-hybridized carbons (Fsp3) is 0.889. The van der Waals surface area contributed by atoms with Gasteiger partial charge in [0.25, 0.3) is 0 Å². The van der Waals surface area contributed by atoms with Crippen LogP contribution in [0.1, 0.15) is 26.7 Å². The molecular weight excluding hydrogens is 282 g/mol. The molecule has 6 heteroatoms. The normalized spacial score (nSPS) is 31.1. The summed E-state index contributed by atoms with van der Waals surface area (Å²) in [6, 6.07) is 0. The average molecular weight is 298 g/mol. The molecule has 15 heavy (non-hydrogen) atoms. The summed E-state index contributed by atoms with van der Waals surface area (Å²) in [4.78, 5) is 11.4. The Balaban J connectivity index is 2.63. The Labute approximate surface area is 98.9 Å². The quantitative estimate of drug-likeness (QED) is 0.786. The van der Waals surface area contributed by atoms with E-state index >= 15 is 0 Å². The van der Waals surface area contributed by atoms with Gasteiger partial charge >= 0.3 is 0 Å². The number of carbonyl (C=O) groups excluding carboxylic acids is 1. The molecule has 1 rings (SSSR count). The molecule has 0 bridgehead atoms. The van der Waals surface area contributed by atoms with Crippen LogP contribution in [0.3, 0.4) is 0 Å². The molecule has 2 atom stereocenters. The number of rotatable bonds is 3. The summed E-state index contributed by atoms with van der Waals surface area (Å²) in [6.45, 7) is 3.68. The van der Waals surface area contributed by atoms with E-state index in [0.29, 0.717) is 12.8 Å². The largest absolute Gasteiger partial charge is 0.349 e. The minimum absolute atomic E-state index is 0.0508. The first kappa shape index (κ1) is 13.0. The number of halogens is 1. The van der Waals surface area contributed by atoms with Gasteiger partial charge in [-0.3, -0.25) is 4.79 Å². The Bertz CT molecular complexity index is 354. The first-order valence-electron chi connectivity index (χ1n) is 4.94. The van der Waals surface area contributed by atoms with E-state index in [1.165, 1.54) is 0 Å². The molecule has 4 nitrogen and oxygen atoms in total. The molecular formula is C9H16BrNO3S. The molecule has 1 N–H and O–H groups in total. The second kappa shape index (κ2) is 4.41. The lowest BCUT2D eigenvalue weighted by molar-refractivity contribution is -0.121.